The second kappa shape index (κ2) is 11.7. The number of amides is 2. The lowest BCUT2D eigenvalue weighted by Gasteiger charge is -2.28. The van der Waals surface area contributed by atoms with E-state index in [0.29, 0.717) is 26.1 Å². The second-order valence-electron chi connectivity index (χ2n) is 9.42. The van der Waals surface area contributed by atoms with E-state index in [1.165, 1.54) is 0 Å². The van der Waals surface area contributed by atoms with Crippen LogP contribution in [0.1, 0.15) is 59.6 Å². The van der Waals surface area contributed by atoms with E-state index in [1.807, 2.05) is 42.3 Å². The van der Waals surface area contributed by atoms with Crippen molar-refractivity contribution in [2.24, 2.45) is 0 Å². The Balaban J connectivity index is 1.19. The normalized spacial score (nSPS) is 17.6. The van der Waals surface area contributed by atoms with Crippen LogP contribution in [-0.2, 0) is 9.53 Å². The van der Waals surface area contributed by atoms with E-state index in [9.17, 15) is 18.4 Å². The van der Waals surface area contributed by atoms with Crippen LogP contribution in [0, 0.1) is 0 Å². The monoisotopic (exact) mass is 553 g/mol. The van der Waals surface area contributed by atoms with Crippen LogP contribution in [0.3, 0.4) is 0 Å². The van der Waals surface area contributed by atoms with E-state index in [-0.39, 0.29) is 34.7 Å². The molecule has 14 heteroatoms. The predicted octanol–water partition coefficient (Wildman–Crippen LogP) is 2.00. The third kappa shape index (κ3) is 5.76. The number of ether oxygens (including phenoxy) is 1. The van der Waals surface area contributed by atoms with Crippen molar-refractivity contribution in [1.82, 2.24) is 45.6 Å². The first kappa shape index (κ1) is 27.1. The molecule has 2 aliphatic rings. The van der Waals surface area contributed by atoms with Crippen LogP contribution >= 0.6 is 0 Å². The molecule has 2 amide bonds. The van der Waals surface area contributed by atoms with Crippen molar-refractivity contribution in [1.29, 1.82) is 0 Å². The number of alkyl halides is 2. The summed E-state index contributed by atoms with van der Waals surface area (Å²) < 4.78 is 32.1. The summed E-state index contributed by atoms with van der Waals surface area (Å²) in [5.74, 6) is 0.597. The van der Waals surface area contributed by atoms with Gasteiger partial charge in [0.05, 0.1) is 18.3 Å². The fourth-order valence-electron chi connectivity index (χ4n) is 4.73. The van der Waals surface area contributed by atoms with Crippen molar-refractivity contribution in [2.45, 2.75) is 32.2 Å². The van der Waals surface area contributed by atoms with Gasteiger partial charge in [-0.15, -0.1) is 10.2 Å². The number of hydrogen-bond donors (Lipinski definition) is 2. The molecule has 2 atom stereocenters. The maximum absolute atomic E-state index is 13.0. The number of carbonyl (C=O) groups is 2. The van der Waals surface area contributed by atoms with Crippen molar-refractivity contribution in [3.05, 3.63) is 82.8 Å². The van der Waals surface area contributed by atoms with Crippen molar-refractivity contribution in [3.8, 4) is 0 Å². The van der Waals surface area contributed by atoms with Crippen molar-refractivity contribution in [2.75, 3.05) is 33.2 Å². The van der Waals surface area contributed by atoms with Crippen LogP contribution in [0.2, 0.25) is 0 Å². The van der Waals surface area contributed by atoms with Gasteiger partial charge in [0.2, 0.25) is 5.91 Å². The molecule has 0 bridgehead atoms. The highest BCUT2D eigenvalue weighted by Crippen LogP contribution is 2.38. The van der Waals surface area contributed by atoms with E-state index in [1.54, 1.807) is 30.2 Å². The van der Waals surface area contributed by atoms with Crippen molar-refractivity contribution >= 4 is 11.8 Å². The number of halogens is 2. The number of pyridine rings is 1. The number of benzene rings is 1. The second-order valence-corrected chi connectivity index (χ2v) is 9.42. The standard InChI is InChI=1S/C26H29F2N9O3/c1-16(38)36-13-9-21-20(15-36)35(2)25(40-21)18-8-10-29-19(14-18)24(39)31-12-11-30-22(17-6-4-3-5-7-17)23-32-34-37(33-23)26(27)28/h3-8,10,14,22,25-26,30H,9,11-13,15H2,1-2H3,(H,31,39)/t22-,25?/m0/s1. The Bertz CT molecular complexity index is 1400. The van der Waals surface area contributed by atoms with Gasteiger partial charge in [-0.25, -0.2) is 0 Å². The SMILES string of the molecule is CC(=O)N1CCC2=C(C1)N(C)C(c1ccnc(C(=O)NCCN[C@@H](c3ccccc3)c3nnn(C(F)F)n3)c1)O2. The van der Waals surface area contributed by atoms with E-state index < -0.39 is 18.8 Å². The highest BCUT2D eigenvalue weighted by molar-refractivity contribution is 5.92. The molecule has 3 aromatic rings. The quantitative estimate of drug-likeness (QED) is 0.382. The molecule has 4 heterocycles. The van der Waals surface area contributed by atoms with Crippen molar-refractivity contribution < 1.29 is 23.1 Å². The molecule has 0 radical (unpaired) electrons. The van der Waals surface area contributed by atoms with E-state index >= 15 is 0 Å². The lowest BCUT2D eigenvalue weighted by Crippen LogP contribution is -2.37. The largest absolute Gasteiger partial charge is 0.469 e. The molecule has 0 aliphatic carbocycles. The first-order valence-electron chi connectivity index (χ1n) is 12.8. The zero-order valence-electron chi connectivity index (χ0n) is 22.0. The summed E-state index contributed by atoms with van der Waals surface area (Å²) in [6, 6.07) is 12.0. The molecule has 0 fully saturated rings. The van der Waals surface area contributed by atoms with Gasteiger partial charge in [0, 0.05) is 51.8 Å². The first-order chi connectivity index (χ1) is 19.3. The Hall–Kier alpha value is -4.46. The van der Waals surface area contributed by atoms with Crippen LogP contribution in [0.25, 0.3) is 0 Å². The first-order valence-corrected chi connectivity index (χ1v) is 12.8. The number of nitrogens with zero attached hydrogens (tertiary/aromatic N) is 7. The number of aromatic nitrogens is 5. The van der Waals surface area contributed by atoms with Gasteiger partial charge in [-0.2, -0.15) is 8.78 Å². The average molecular weight is 554 g/mol. The van der Waals surface area contributed by atoms with Crippen LogP contribution < -0.4 is 10.6 Å². The molecule has 210 valence electrons. The molecular formula is C26H29F2N9O3. The molecule has 12 nitrogen and oxygen atoms in total. The van der Waals surface area contributed by atoms with Gasteiger partial charge >= 0.3 is 6.55 Å². The third-order valence-corrected chi connectivity index (χ3v) is 6.82. The summed E-state index contributed by atoms with van der Waals surface area (Å²) >= 11 is 0. The fraction of sp³-hybridized carbons (Fsp3) is 0.385. The lowest BCUT2D eigenvalue weighted by atomic mass is 10.1. The summed E-state index contributed by atoms with van der Waals surface area (Å²) in [5, 5.41) is 17.0. The van der Waals surface area contributed by atoms with Gasteiger partial charge in [-0.05, 0) is 22.9 Å². The molecule has 40 heavy (non-hydrogen) atoms. The topological polar surface area (TPSA) is 130 Å². The maximum Gasteiger partial charge on any atom is 0.350 e. The zero-order chi connectivity index (χ0) is 28.2. The zero-order valence-corrected chi connectivity index (χ0v) is 22.0. The molecule has 2 aromatic heterocycles. The third-order valence-electron chi connectivity index (χ3n) is 6.82. The molecule has 5 rings (SSSR count). The Morgan fingerprint density at radius 1 is 1.18 bits per heavy atom. The van der Waals surface area contributed by atoms with Gasteiger partial charge in [0.25, 0.3) is 5.91 Å². The van der Waals surface area contributed by atoms with Gasteiger partial charge in [0.1, 0.15) is 11.5 Å². The van der Waals surface area contributed by atoms with Gasteiger partial charge in [-0.3, -0.25) is 14.6 Å². The molecule has 1 unspecified atom stereocenters. The summed E-state index contributed by atoms with van der Waals surface area (Å²) in [6.45, 7) is 0.282. The van der Waals surface area contributed by atoms with Gasteiger partial charge < -0.3 is 25.2 Å². The summed E-state index contributed by atoms with van der Waals surface area (Å²) in [7, 11) is 1.90. The van der Waals surface area contributed by atoms with Crippen LogP contribution in [0.5, 0.6) is 0 Å². The highest BCUT2D eigenvalue weighted by Gasteiger charge is 2.36. The van der Waals surface area contributed by atoms with Gasteiger partial charge in [0.15, 0.2) is 12.1 Å². The molecule has 0 saturated carbocycles. The summed E-state index contributed by atoms with van der Waals surface area (Å²) in [5.41, 5.74) is 2.71. The Morgan fingerprint density at radius 2 is 1.98 bits per heavy atom. The molecule has 0 saturated heterocycles. The van der Waals surface area contributed by atoms with Crippen LogP contribution in [0.4, 0.5) is 8.78 Å². The number of nitrogens with one attached hydrogen (secondary N) is 2. The smallest absolute Gasteiger partial charge is 0.350 e. The minimum Gasteiger partial charge on any atom is -0.469 e. The molecular weight excluding hydrogens is 524 g/mol. The fourth-order valence-corrected chi connectivity index (χ4v) is 4.73. The Labute approximate surface area is 229 Å². The summed E-state index contributed by atoms with van der Waals surface area (Å²) in [6.07, 6.45) is 1.77. The molecule has 1 aromatic carbocycles. The minimum atomic E-state index is -2.90. The number of carbonyl (C=O) groups excluding carboxylic acids is 2. The van der Waals surface area contributed by atoms with Crippen molar-refractivity contribution in [3.63, 3.8) is 0 Å². The highest BCUT2D eigenvalue weighted by atomic mass is 19.3. The molecule has 0 spiro atoms. The van der Waals surface area contributed by atoms with Crippen LogP contribution in [-0.4, -0.2) is 80.0 Å². The predicted molar refractivity (Wildman–Crippen MR) is 137 cm³/mol. The van der Waals surface area contributed by atoms with E-state index in [2.05, 4.69) is 31.0 Å². The Kier molecular flexibility index (Phi) is 7.96. The molecule has 2 aliphatic heterocycles. The Morgan fingerprint density at radius 3 is 2.70 bits per heavy atom. The average Bonchev–Trinajstić information content (AvgIpc) is 3.58. The lowest BCUT2D eigenvalue weighted by molar-refractivity contribution is -0.128. The van der Waals surface area contributed by atoms with E-state index in [0.717, 1.165) is 22.6 Å². The number of rotatable bonds is 9. The number of tetrazole rings is 1. The maximum atomic E-state index is 13.0. The van der Waals surface area contributed by atoms with Crippen LogP contribution in [0.15, 0.2) is 60.1 Å². The summed E-state index contributed by atoms with van der Waals surface area (Å²) in [4.78, 5) is 32.9. The van der Waals surface area contributed by atoms with E-state index in [4.69, 9.17) is 4.74 Å². The number of likely N-dealkylation sites (N-methyl/N-ethyl adjacent to an activating group) is 1. The van der Waals surface area contributed by atoms with Gasteiger partial charge in [-0.1, -0.05) is 35.1 Å². The number of hydrogen-bond acceptors (Lipinski definition) is 9. The molecule has 2 N–H and O–H groups in total. The minimum absolute atomic E-state index is 0.0200.